The van der Waals surface area contributed by atoms with Gasteiger partial charge in [0.05, 0.1) is 12.1 Å². The van der Waals surface area contributed by atoms with Gasteiger partial charge in [0.1, 0.15) is 5.76 Å². The number of aromatic nitrogens is 1. The Labute approximate surface area is 221 Å². The first kappa shape index (κ1) is 24.5. The van der Waals surface area contributed by atoms with Crippen molar-refractivity contribution in [2.24, 2.45) is 0 Å². The molecule has 9 heteroatoms. The first-order valence-corrected chi connectivity index (χ1v) is 13.3. The molecule has 0 spiro atoms. The molecule has 1 aliphatic carbocycles. The number of nitrogens with zero attached hydrogens (tertiary/aromatic N) is 4. The lowest BCUT2D eigenvalue weighted by Crippen LogP contribution is -2.54. The summed E-state index contributed by atoms with van der Waals surface area (Å²) in [6, 6.07) is 8.91. The largest absolute Gasteiger partial charge is 0.471 e. The van der Waals surface area contributed by atoms with E-state index in [1.165, 1.54) is 0 Å². The number of carbonyl (C=O) groups excluding carboxylic acids is 4. The molecule has 4 aliphatic rings. The predicted molar refractivity (Wildman–Crippen MR) is 139 cm³/mol. The number of pyridine rings is 1. The highest BCUT2D eigenvalue weighted by Gasteiger charge is 2.44. The molecule has 0 bridgehead atoms. The van der Waals surface area contributed by atoms with E-state index in [9.17, 15) is 19.2 Å². The normalized spacial score (nSPS) is 21.7. The van der Waals surface area contributed by atoms with E-state index < -0.39 is 6.10 Å². The number of ether oxygens (including phenoxy) is 1. The van der Waals surface area contributed by atoms with Crippen LogP contribution in [0.3, 0.4) is 0 Å². The molecule has 1 aromatic carbocycles. The number of Topliss-reactive ketones (excluding diaryl/α,β-unsaturated/α-hetero) is 2. The van der Waals surface area contributed by atoms with E-state index in [2.05, 4.69) is 9.88 Å². The fourth-order valence-electron chi connectivity index (χ4n) is 5.79. The predicted octanol–water partition coefficient (Wildman–Crippen LogP) is 1.81. The second-order valence-electron chi connectivity index (χ2n) is 10.3. The summed E-state index contributed by atoms with van der Waals surface area (Å²) in [6.07, 6.45) is 5.20. The van der Waals surface area contributed by atoms with Crippen molar-refractivity contribution in [3.63, 3.8) is 0 Å². The lowest BCUT2D eigenvalue weighted by atomic mass is 9.94. The van der Waals surface area contributed by atoms with E-state index in [4.69, 9.17) is 4.74 Å². The van der Waals surface area contributed by atoms with Gasteiger partial charge < -0.3 is 14.5 Å². The zero-order valence-electron chi connectivity index (χ0n) is 21.2. The van der Waals surface area contributed by atoms with Crippen LogP contribution in [0.15, 0.2) is 42.7 Å². The summed E-state index contributed by atoms with van der Waals surface area (Å²) in [5, 5.41) is 0. The van der Waals surface area contributed by atoms with Gasteiger partial charge in [0.2, 0.25) is 17.8 Å². The Morgan fingerprint density at radius 2 is 1.61 bits per heavy atom. The number of ketones is 2. The number of hydrogen-bond donors (Lipinski definition) is 0. The Balaban J connectivity index is 1.19. The molecule has 1 aromatic heterocycles. The van der Waals surface area contributed by atoms with Gasteiger partial charge in [-0.25, -0.2) is 0 Å². The second-order valence-corrected chi connectivity index (χ2v) is 10.3. The first-order valence-electron chi connectivity index (χ1n) is 13.3. The number of rotatable bonds is 5. The number of piperazine rings is 1. The zero-order valence-corrected chi connectivity index (χ0v) is 21.2. The lowest BCUT2D eigenvalue weighted by Gasteiger charge is -2.35. The quantitative estimate of drug-likeness (QED) is 0.561. The number of likely N-dealkylation sites (tertiary alicyclic amines) is 1. The van der Waals surface area contributed by atoms with Crippen LogP contribution < -0.4 is 0 Å². The standard InChI is InChI=1S/C29H30N4O5/c34-23-6-4-20-17-21(3-5-22(20)23)25-26(36)28(38-27(25)19-7-9-30-10-8-19)29(37)33-15-13-31(14-16-33)18-24(35)32-11-1-2-12-32/h3,5,7-10,17,28H,1-2,4,6,11-16,18H2. The van der Waals surface area contributed by atoms with Crippen LogP contribution >= 0.6 is 0 Å². The molecule has 196 valence electrons. The van der Waals surface area contributed by atoms with Gasteiger partial charge in [-0.1, -0.05) is 18.2 Å². The average Bonchev–Trinajstić information content (AvgIpc) is 3.69. The van der Waals surface area contributed by atoms with Gasteiger partial charge in [-0.15, -0.1) is 0 Å². The number of fused-ring (bicyclic) bond motifs is 1. The molecular formula is C29H30N4O5. The first-order chi connectivity index (χ1) is 18.5. The van der Waals surface area contributed by atoms with E-state index in [0.29, 0.717) is 73.6 Å². The van der Waals surface area contributed by atoms with Crippen LogP contribution in [-0.2, 0) is 25.5 Å². The molecule has 0 N–H and O–H groups in total. The lowest BCUT2D eigenvalue weighted by molar-refractivity contribution is -0.145. The molecule has 2 fully saturated rings. The summed E-state index contributed by atoms with van der Waals surface area (Å²) in [6.45, 7) is 4.02. The van der Waals surface area contributed by atoms with E-state index in [1.54, 1.807) is 41.6 Å². The summed E-state index contributed by atoms with van der Waals surface area (Å²) in [5.41, 5.74) is 3.28. The summed E-state index contributed by atoms with van der Waals surface area (Å²) in [7, 11) is 0. The summed E-state index contributed by atoms with van der Waals surface area (Å²) >= 11 is 0. The number of benzene rings is 1. The van der Waals surface area contributed by atoms with Crippen LogP contribution in [0.2, 0.25) is 0 Å². The van der Waals surface area contributed by atoms with Crippen molar-refractivity contribution in [3.8, 4) is 0 Å². The molecule has 3 aliphatic heterocycles. The summed E-state index contributed by atoms with van der Waals surface area (Å²) in [5.74, 6) is -0.132. The molecular weight excluding hydrogens is 484 g/mol. The monoisotopic (exact) mass is 514 g/mol. The van der Waals surface area contributed by atoms with Gasteiger partial charge in [-0.3, -0.25) is 29.1 Å². The molecule has 0 radical (unpaired) electrons. The number of amides is 2. The smallest absolute Gasteiger partial charge is 0.271 e. The van der Waals surface area contributed by atoms with E-state index >= 15 is 0 Å². The van der Waals surface area contributed by atoms with Gasteiger partial charge in [0.25, 0.3) is 5.91 Å². The Hall–Kier alpha value is -3.85. The summed E-state index contributed by atoms with van der Waals surface area (Å²) in [4.78, 5) is 61.6. The van der Waals surface area contributed by atoms with Crippen LogP contribution in [0.25, 0.3) is 11.3 Å². The van der Waals surface area contributed by atoms with Crippen molar-refractivity contribution < 1.29 is 23.9 Å². The Bertz CT molecular complexity index is 1320. The highest BCUT2D eigenvalue weighted by Crippen LogP contribution is 2.38. The zero-order chi connectivity index (χ0) is 26.2. The van der Waals surface area contributed by atoms with Crippen LogP contribution in [0.4, 0.5) is 0 Å². The van der Waals surface area contributed by atoms with Crippen molar-refractivity contribution in [2.75, 3.05) is 45.8 Å². The van der Waals surface area contributed by atoms with Crippen LogP contribution in [0, 0.1) is 0 Å². The topological polar surface area (TPSA) is 100 Å². The molecule has 2 amide bonds. The number of carbonyl (C=O) groups is 4. The highest BCUT2D eigenvalue weighted by molar-refractivity contribution is 6.36. The van der Waals surface area contributed by atoms with Crippen molar-refractivity contribution >= 4 is 34.7 Å². The molecule has 9 nitrogen and oxygen atoms in total. The molecule has 0 saturated carbocycles. The molecule has 4 heterocycles. The maximum atomic E-state index is 13.7. The molecule has 6 rings (SSSR count). The fraction of sp³-hybridized carbons (Fsp3) is 0.414. The Morgan fingerprint density at radius 1 is 0.868 bits per heavy atom. The van der Waals surface area contributed by atoms with Crippen molar-refractivity contribution in [2.45, 2.75) is 31.8 Å². The minimum Gasteiger partial charge on any atom is -0.471 e. The van der Waals surface area contributed by atoms with Crippen LogP contribution in [0.1, 0.15) is 46.3 Å². The maximum Gasteiger partial charge on any atom is 0.271 e. The van der Waals surface area contributed by atoms with Crippen LogP contribution in [-0.4, -0.2) is 95.0 Å². The molecule has 38 heavy (non-hydrogen) atoms. The number of aryl methyl sites for hydroxylation is 1. The molecule has 2 aromatic rings. The summed E-state index contributed by atoms with van der Waals surface area (Å²) < 4.78 is 6.11. The van der Waals surface area contributed by atoms with Gasteiger partial charge in [0.15, 0.2) is 5.78 Å². The van der Waals surface area contributed by atoms with Crippen LogP contribution in [0.5, 0.6) is 0 Å². The molecule has 1 unspecified atom stereocenters. The fourth-order valence-corrected chi connectivity index (χ4v) is 5.79. The van der Waals surface area contributed by atoms with Crippen molar-refractivity contribution in [3.05, 3.63) is 65.0 Å². The van der Waals surface area contributed by atoms with Crippen molar-refractivity contribution in [1.29, 1.82) is 0 Å². The van der Waals surface area contributed by atoms with E-state index in [-0.39, 0.29) is 23.4 Å². The van der Waals surface area contributed by atoms with E-state index in [0.717, 1.165) is 31.5 Å². The Kier molecular flexibility index (Phi) is 6.53. The third-order valence-corrected chi connectivity index (χ3v) is 7.93. The second kappa shape index (κ2) is 10.1. The third kappa shape index (κ3) is 4.51. The SMILES string of the molecule is O=C1CCc2cc(C3=C(c4ccncc4)OC(C(=O)N4CCN(CC(=O)N5CCCC5)CC4)C3=O)ccc21. The number of hydrogen-bond acceptors (Lipinski definition) is 7. The van der Waals surface area contributed by atoms with Gasteiger partial charge in [-0.05, 0) is 42.5 Å². The van der Waals surface area contributed by atoms with Crippen molar-refractivity contribution in [1.82, 2.24) is 19.7 Å². The third-order valence-electron chi connectivity index (χ3n) is 7.93. The minimum atomic E-state index is -1.26. The maximum absolute atomic E-state index is 13.7. The molecule has 1 atom stereocenters. The van der Waals surface area contributed by atoms with Gasteiger partial charge in [0, 0.05) is 69.2 Å². The average molecular weight is 515 g/mol. The highest BCUT2D eigenvalue weighted by atomic mass is 16.5. The van der Waals surface area contributed by atoms with Gasteiger partial charge in [-0.2, -0.15) is 0 Å². The Morgan fingerprint density at radius 3 is 2.34 bits per heavy atom. The van der Waals surface area contributed by atoms with E-state index in [1.807, 2.05) is 11.0 Å². The molecule has 2 saturated heterocycles. The minimum absolute atomic E-state index is 0.109. The van der Waals surface area contributed by atoms with Gasteiger partial charge >= 0.3 is 0 Å².